The molecule has 2 saturated carbocycles. The van der Waals surface area contributed by atoms with E-state index in [2.05, 4.69) is 37.4 Å². The standard InChI is InChI=1S/C62H94N2O18/c1-27-14-17-43(79-47-25-61(10,63)57(35(9)77-47)64-60(72)74-13)28(2)19-36-21-37(26-65)32(6)55-48(36)52(69)49(59(71)82-55)58(70)62(11)40(27)16-15-39-50(62)29(3)18-30(4)53(39)80-46-24-44(51(68)33(7)75-46)78-38-20-31(5)54(41(66)22-38)81-45-23-42(67)56(73-12)34(8)76-45/h14-16,19,21,29-36,38-48,50-51,53-57,65-68,70H,17-18,20,22-26,63H2,1-13H3,(H,64,72)/b27-14+,28-19+,58-49?/t29-,30-,31?,32-,33?,34?,35?,36+,38?,39+,40-,41?,42?,43-,44?,45?,46?,47?,48?,50+,51?,53-,54?,55-,56?,57?,61?,62+/m0/s1. The van der Waals surface area contributed by atoms with Gasteiger partial charge in [-0.05, 0) is 95.6 Å². The quantitative estimate of drug-likeness (QED) is 0.0734. The number of hydrogen-bond acceptors (Lipinski definition) is 19. The van der Waals surface area contributed by atoms with Crippen LogP contribution >= 0.6 is 0 Å². The molecular formula is C62H94N2O18. The highest BCUT2D eigenvalue weighted by atomic mass is 16.7. The van der Waals surface area contributed by atoms with Gasteiger partial charge < -0.3 is 84.0 Å². The zero-order valence-electron chi connectivity index (χ0n) is 50.2. The third-order valence-corrected chi connectivity index (χ3v) is 20.4. The van der Waals surface area contributed by atoms with Gasteiger partial charge in [0.1, 0.15) is 29.6 Å². The van der Waals surface area contributed by atoms with Crippen molar-refractivity contribution >= 4 is 17.8 Å². The summed E-state index contributed by atoms with van der Waals surface area (Å²) in [6.45, 7) is 20.9. The Kier molecular flexibility index (Phi) is 19.2. The highest BCUT2D eigenvalue weighted by Gasteiger charge is 2.60. The Morgan fingerprint density at radius 2 is 1.43 bits per heavy atom. The molecule has 82 heavy (non-hydrogen) atoms. The van der Waals surface area contributed by atoms with Crippen LogP contribution in [0.2, 0.25) is 0 Å². The molecule has 0 radical (unpaired) electrons. The van der Waals surface area contributed by atoms with Crippen molar-refractivity contribution in [3.8, 4) is 0 Å². The average Bonchev–Trinajstić information content (AvgIpc) is 1.03. The third-order valence-electron chi connectivity index (χ3n) is 20.4. The Balaban J connectivity index is 1.00. The smallest absolute Gasteiger partial charge is 0.407 e. The van der Waals surface area contributed by atoms with E-state index in [-0.39, 0.29) is 67.3 Å². The van der Waals surface area contributed by atoms with Crippen LogP contribution in [0.25, 0.3) is 0 Å². The molecule has 2 bridgehead atoms. The molecule has 28 atom stereocenters. The normalized spacial score (nSPS) is 49.4. The number of hydrogen-bond donors (Lipinski definition) is 7. The summed E-state index contributed by atoms with van der Waals surface area (Å²) < 4.78 is 62.6. The number of fused-ring (bicyclic) bond motifs is 4. The highest BCUT2D eigenvalue weighted by Crippen LogP contribution is 2.60. The monoisotopic (exact) mass is 1150 g/mol. The Bertz CT molecular complexity index is 2470. The van der Waals surface area contributed by atoms with Gasteiger partial charge in [0, 0.05) is 67.4 Å². The van der Waals surface area contributed by atoms with Gasteiger partial charge in [-0.25, -0.2) is 9.59 Å². The molecule has 4 saturated heterocycles. The summed E-state index contributed by atoms with van der Waals surface area (Å²) in [4.78, 5) is 42.5. The summed E-state index contributed by atoms with van der Waals surface area (Å²) in [5.74, 6) is -5.35. The SMILES string of the molecule is COC(=O)NC1C(C)OC(O[C@H]2C/C=C(\C)[C@@H]3C=C[C@H]4[C@@H](OC5CC(OC6CC(C)C(OC7CC(O)C(OC)C(C)O7)C(O)C6)C(O)C(C)O5)[C@@H](C)C[C@H](C)[C@H]4[C@]3(C)C(O)=C3C(=O)O[C@@H]4C(C3=O)[C@@H](C=C(CO)[C@@H]4C)/C=C/2C)CC1(C)N. The van der Waals surface area contributed by atoms with E-state index in [0.717, 1.165) is 11.1 Å². The van der Waals surface area contributed by atoms with Gasteiger partial charge >= 0.3 is 12.1 Å². The Hall–Kier alpha value is -3.61. The molecule has 0 spiro atoms. The first-order valence-electron chi connectivity index (χ1n) is 30.0. The number of alkyl carbamates (subject to hydrolysis) is 1. The molecule has 4 heterocycles. The van der Waals surface area contributed by atoms with E-state index >= 15 is 4.79 Å². The number of aliphatic hydroxyl groups is 5. The van der Waals surface area contributed by atoms with Gasteiger partial charge in [0.05, 0.1) is 86.7 Å². The first kappa shape index (κ1) is 62.9. The van der Waals surface area contributed by atoms with Crippen molar-refractivity contribution in [2.75, 3.05) is 20.8 Å². The van der Waals surface area contributed by atoms with Crippen LogP contribution in [0.3, 0.4) is 0 Å². The molecule has 5 aliphatic carbocycles. The molecule has 9 aliphatic rings. The summed E-state index contributed by atoms with van der Waals surface area (Å²) in [5, 5.41) is 60.5. The van der Waals surface area contributed by atoms with Crippen molar-refractivity contribution in [2.24, 2.45) is 64.4 Å². The van der Waals surface area contributed by atoms with Crippen LogP contribution in [0.1, 0.15) is 121 Å². The maximum Gasteiger partial charge on any atom is 0.407 e. The first-order chi connectivity index (χ1) is 38.7. The number of carbonyl (C=O) groups is 3. The van der Waals surface area contributed by atoms with Gasteiger partial charge in [0.25, 0.3) is 0 Å². The fraction of sp³-hybridized carbons (Fsp3) is 0.790. The molecule has 20 heteroatoms. The molecule has 9 rings (SSSR count). The zero-order chi connectivity index (χ0) is 59.6. The number of allylic oxidation sites excluding steroid dienone is 5. The second-order valence-electron chi connectivity index (χ2n) is 26.3. The second-order valence-corrected chi connectivity index (χ2v) is 26.3. The fourth-order valence-corrected chi connectivity index (χ4v) is 16.2. The van der Waals surface area contributed by atoms with Crippen molar-refractivity contribution in [1.29, 1.82) is 0 Å². The van der Waals surface area contributed by atoms with E-state index in [1.54, 1.807) is 6.92 Å². The molecule has 1 amide bonds. The predicted octanol–water partition coefficient (Wildman–Crippen LogP) is 5.77. The number of ether oxygens (including phenoxy) is 10. The van der Waals surface area contributed by atoms with Crippen LogP contribution in [-0.2, 0) is 57.0 Å². The lowest BCUT2D eigenvalue weighted by Crippen LogP contribution is -2.66. The predicted molar refractivity (Wildman–Crippen MR) is 298 cm³/mol. The topological polar surface area (TPSA) is 283 Å². The number of Topliss-reactive ketones (excluding diaryl/α,β-unsaturated/α-hetero) is 1. The number of rotatable bonds is 11. The Morgan fingerprint density at radius 3 is 2.09 bits per heavy atom. The summed E-state index contributed by atoms with van der Waals surface area (Å²) in [6.07, 6.45) is 1.14. The van der Waals surface area contributed by atoms with E-state index in [9.17, 15) is 35.1 Å². The van der Waals surface area contributed by atoms with Crippen LogP contribution in [0, 0.1) is 58.7 Å². The first-order valence-corrected chi connectivity index (χ1v) is 30.0. The number of amides is 1. The molecule has 17 unspecified atom stereocenters. The largest absolute Gasteiger partial charge is 0.511 e. The number of nitrogens with two attached hydrogens (primary N) is 1. The van der Waals surface area contributed by atoms with E-state index in [0.29, 0.717) is 24.8 Å². The van der Waals surface area contributed by atoms with E-state index in [1.165, 1.54) is 14.2 Å². The number of nitrogens with one attached hydrogen (secondary N) is 1. The van der Waals surface area contributed by atoms with E-state index in [4.69, 9.17) is 53.1 Å². The van der Waals surface area contributed by atoms with Crippen molar-refractivity contribution < 1.29 is 87.3 Å². The zero-order valence-corrected chi connectivity index (χ0v) is 50.2. The molecule has 4 aliphatic heterocycles. The van der Waals surface area contributed by atoms with Crippen molar-refractivity contribution in [3.63, 3.8) is 0 Å². The van der Waals surface area contributed by atoms with Crippen molar-refractivity contribution in [3.05, 3.63) is 58.4 Å². The third kappa shape index (κ3) is 12.1. The Labute approximate surface area is 483 Å². The molecule has 0 aromatic rings. The number of esters is 1. The van der Waals surface area contributed by atoms with Gasteiger partial charge in [0.15, 0.2) is 24.7 Å². The maximum atomic E-state index is 15.5. The van der Waals surface area contributed by atoms with Gasteiger partial charge in [-0.3, -0.25) is 4.79 Å². The van der Waals surface area contributed by atoms with Crippen LogP contribution in [0.4, 0.5) is 4.79 Å². The van der Waals surface area contributed by atoms with E-state index < -0.39 is 163 Å². The number of ketones is 1. The Morgan fingerprint density at radius 1 is 0.768 bits per heavy atom. The molecule has 0 aromatic heterocycles. The fourth-order valence-electron chi connectivity index (χ4n) is 16.2. The number of carbonyl (C=O) groups excluding carboxylic acids is 3. The summed E-state index contributed by atoms with van der Waals surface area (Å²) in [5.41, 5.74) is 6.55. The minimum absolute atomic E-state index is 0.0196. The van der Waals surface area contributed by atoms with Crippen LogP contribution in [0.15, 0.2) is 58.4 Å². The van der Waals surface area contributed by atoms with Crippen molar-refractivity contribution in [1.82, 2.24) is 5.32 Å². The minimum atomic E-state index is -1.27. The summed E-state index contributed by atoms with van der Waals surface area (Å²) in [6, 6.07) is -0.582. The summed E-state index contributed by atoms with van der Waals surface area (Å²) in [7, 11) is 2.82. The lowest BCUT2D eigenvalue weighted by Gasteiger charge is -2.57. The van der Waals surface area contributed by atoms with Gasteiger partial charge in [-0.15, -0.1) is 0 Å². The second kappa shape index (κ2) is 25.0. The molecule has 460 valence electrons. The van der Waals surface area contributed by atoms with Crippen LogP contribution < -0.4 is 11.1 Å². The molecule has 6 fully saturated rings. The average molecular weight is 1160 g/mol. The summed E-state index contributed by atoms with van der Waals surface area (Å²) >= 11 is 0. The molecule has 0 aromatic carbocycles. The molecular weight excluding hydrogens is 1060 g/mol. The van der Waals surface area contributed by atoms with E-state index in [1.807, 2.05) is 67.5 Å². The minimum Gasteiger partial charge on any atom is -0.511 e. The van der Waals surface area contributed by atoms with Crippen molar-refractivity contribution in [2.45, 2.75) is 231 Å². The lowest BCUT2D eigenvalue weighted by molar-refractivity contribution is -0.296. The highest BCUT2D eigenvalue weighted by molar-refractivity contribution is 6.20. The number of aliphatic hydroxyl groups excluding tert-OH is 5. The molecule has 20 nitrogen and oxygen atoms in total. The molecule has 8 N–H and O–H groups in total. The van der Waals surface area contributed by atoms with Gasteiger partial charge in [-0.1, -0.05) is 70.6 Å². The van der Waals surface area contributed by atoms with Gasteiger partial charge in [0.2, 0.25) is 0 Å². The lowest BCUT2D eigenvalue weighted by atomic mass is 9.49. The number of methoxy groups -OCH3 is 2. The maximum absolute atomic E-state index is 15.5. The van der Waals surface area contributed by atoms with Crippen LogP contribution in [-0.4, -0.2) is 174 Å². The van der Waals surface area contributed by atoms with Crippen LogP contribution in [0.5, 0.6) is 0 Å². The van der Waals surface area contributed by atoms with Gasteiger partial charge in [-0.2, -0.15) is 0 Å².